The fourth-order valence-electron chi connectivity index (χ4n) is 2.87. The molecule has 2 rings (SSSR count). The van der Waals surface area contributed by atoms with Crippen LogP contribution in [0.4, 0.5) is 0 Å². The Kier molecular flexibility index (Phi) is 1.81. The summed E-state index contributed by atoms with van der Waals surface area (Å²) in [7, 11) is 0. The summed E-state index contributed by atoms with van der Waals surface area (Å²) in [6.45, 7) is 9.66. The van der Waals surface area contributed by atoms with Gasteiger partial charge in [-0.2, -0.15) is 0 Å². The van der Waals surface area contributed by atoms with E-state index in [1.54, 1.807) is 0 Å². The van der Waals surface area contributed by atoms with Gasteiger partial charge in [-0.1, -0.05) is 20.8 Å². The molecule has 1 heterocycles. The van der Waals surface area contributed by atoms with Crippen LogP contribution in [0.15, 0.2) is 0 Å². The molecule has 0 aromatic carbocycles. The molecule has 0 aromatic rings. The molecule has 76 valence electrons. The normalized spacial score (nSPS) is 29.5. The summed E-state index contributed by atoms with van der Waals surface area (Å²) in [5.74, 6) is 0. The molecule has 0 amide bonds. The van der Waals surface area contributed by atoms with Gasteiger partial charge in [0.25, 0.3) is 0 Å². The number of hydrogen-bond donors (Lipinski definition) is 1. The van der Waals surface area contributed by atoms with Gasteiger partial charge in [-0.3, -0.25) is 0 Å². The highest BCUT2D eigenvalue weighted by Gasteiger charge is 2.66. The first-order chi connectivity index (χ1) is 5.97. The van der Waals surface area contributed by atoms with Gasteiger partial charge in [-0.05, 0) is 30.2 Å². The van der Waals surface area contributed by atoms with Gasteiger partial charge in [0, 0.05) is 5.41 Å². The summed E-state index contributed by atoms with van der Waals surface area (Å²) in [4.78, 5) is 0. The van der Waals surface area contributed by atoms with Crippen LogP contribution in [0.1, 0.15) is 33.6 Å². The zero-order valence-corrected chi connectivity index (χ0v) is 9.02. The summed E-state index contributed by atoms with van der Waals surface area (Å²) >= 11 is 0. The van der Waals surface area contributed by atoms with Crippen molar-refractivity contribution in [2.24, 2.45) is 22.0 Å². The lowest BCUT2D eigenvalue weighted by Crippen LogP contribution is -2.59. The van der Waals surface area contributed by atoms with Crippen molar-refractivity contribution in [1.82, 2.24) is 0 Å². The molecule has 0 atom stereocenters. The van der Waals surface area contributed by atoms with E-state index in [1.165, 1.54) is 12.8 Å². The third-order valence-electron chi connectivity index (χ3n) is 4.39. The maximum atomic E-state index is 5.91. The molecular weight excluding hydrogens is 162 g/mol. The van der Waals surface area contributed by atoms with Crippen LogP contribution >= 0.6 is 0 Å². The van der Waals surface area contributed by atoms with Crippen LogP contribution in [0.3, 0.4) is 0 Å². The molecule has 0 aromatic heterocycles. The molecule has 1 saturated carbocycles. The molecule has 2 nitrogen and oxygen atoms in total. The minimum atomic E-state index is 0.334. The summed E-state index contributed by atoms with van der Waals surface area (Å²) < 4.78 is 5.44. The fraction of sp³-hybridized carbons (Fsp3) is 1.00. The van der Waals surface area contributed by atoms with Crippen LogP contribution in [0.25, 0.3) is 0 Å². The third kappa shape index (κ3) is 1.02. The van der Waals surface area contributed by atoms with E-state index in [1.807, 2.05) is 0 Å². The van der Waals surface area contributed by atoms with Crippen LogP contribution in [0.2, 0.25) is 0 Å². The minimum absolute atomic E-state index is 0.334. The van der Waals surface area contributed by atoms with Crippen molar-refractivity contribution in [3.05, 3.63) is 0 Å². The average molecular weight is 183 g/mol. The van der Waals surface area contributed by atoms with Crippen molar-refractivity contribution in [2.75, 3.05) is 19.8 Å². The predicted octanol–water partition coefficient (Wildman–Crippen LogP) is 1.79. The SMILES string of the molecule is CC(C)(C)C1(C2(CN)CC2)COC1. The minimum Gasteiger partial charge on any atom is -0.380 e. The smallest absolute Gasteiger partial charge is 0.0555 e. The monoisotopic (exact) mass is 183 g/mol. The molecule has 2 N–H and O–H groups in total. The Morgan fingerprint density at radius 1 is 1.23 bits per heavy atom. The van der Waals surface area contributed by atoms with Gasteiger partial charge in [0.1, 0.15) is 0 Å². The molecule has 1 aliphatic heterocycles. The van der Waals surface area contributed by atoms with Crippen LogP contribution in [-0.4, -0.2) is 19.8 Å². The van der Waals surface area contributed by atoms with E-state index >= 15 is 0 Å². The molecular formula is C11H21NO. The van der Waals surface area contributed by atoms with Crippen molar-refractivity contribution < 1.29 is 4.74 Å². The lowest BCUT2D eigenvalue weighted by Gasteiger charge is -2.56. The highest BCUT2D eigenvalue weighted by atomic mass is 16.5. The van der Waals surface area contributed by atoms with E-state index in [-0.39, 0.29) is 0 Å². The molecule has 13 heavy (non-hydrogen) atoms. The van der Waals surface area contributed by atoms with Crippen LogP contribution in [-0.2, 0) is 4.74 Å². The second kappa shape index (κ2) is 2.48. The Bertz CT molecular complexity index is 209. The van der Waals surface area contributed by atoms with Crippen molar-refractivity contribution in [1.29, 1.82) is 0 Å². The molecule has 0 bridgehead atoms. The zero-order chi connectivity index (χ0) is 9.74. The lowest BCUT2D eigenvalue weighted by molar-refractivity contribution is -0.209. The van der Waals surface area contributed by atoms with Gasteiger partial charge in [0.05, 0.1) is 13.2 Å². The average Bonchev–Trinajstić information content (AvgIpc) is 2.63. The molecule has 2 aliphatic rings. The van der Waals surface area contributed by atoms with Gasteiger partial charge in [0.15, 0.2) is 0 Å². The number of ether oxygens (including phenoxy) is 1. The number of rotatable bonds is 2. The molecule has 0 radical (unpaired) electrons. The molecule has 0 unspecified atom stereocenters. The van der Waals surface area contributed by atoms with Crippen molar-refractivity contribution in [2.45, 2.75) is 33.6 Å². The predicted molar refractivity (Wildman–Crippen MR) is 53.4 cm³/mol. The Morgan fingerprint density at radius 3 is 1.85 bits per heavy atom. The van der Waals surface area contributed by atoms with Crippen LogP contribution < -0.4 is 5.73 Å². The van der Waals surface area contributed by atoms with Gasteiger partial charge in [-0.25, -0.2) is 0 Å². The second-order valence-corrected chi connectivity index (χ2v) is 5.81. The van der Waals surface area contributed by atoms with E-state index in [4.69, 9.17) is 10.5 Å². The molecule has 1 saturated heterocycles. The first-order valence-corrected chi connectivity index (χ1v) is 5.25. The summed E-state index contributed by atoms with van der Waals surface area (Å²) in [6.07, 6.45) is 2.62. The van der Waals surface area contributed by atoms with E-state index in [2.05, 4.69) is 20.8 Å². The highest BCUT2D eigenvalue weighted by molar-refractivity contribution is 5.14. The maximum Gasteiger partial charge on any atom is 0.0555 e. The van der Waals surface area contributed by atoms with Crippen LogP contribution in [0, 0.1) is 16.2 Å². The van der Waals surface area contributed by atoms with Crippen LogP contribution in [0.5, 0.6) is 0 Å². The first-order valence-electron chi connectivity index (χ1n) is 5.25. The molecule has 0 spiro atoms. The van der Waals surface area contributed by atoms with E-state index in [0.29, 0.717) is 16.2 Å². The topological polar surface area (TPSA) is 35.2 Å². The third-order valence-corrected chi connectivity index (χ3v) is 4.39. The summed E-state index contributed by atoms with van der Waals surface area (Å²) in [5, 5.41) is 0. The van der Waals surface area contributed by atoms with Crippen molar-refractivity contribution >= 4 is 0 Å². The van der Waals surface area contributed by atoms with Crippen molar-refractivity contribution in [3.8, 4) is 0 Å². The van der Waals surface area contributed by atoms with E-state index < -0.39 is 0 Å². The Hall–Kier alpha value is -0.0800. The molecule has 2 fully saturated rings. The van der Waals surface area contributed by atoms with Gasteiger partial charge < -0.3 is 10.5 Å². The number of hydrogen-bond acceptors (Lipinski definition) is 2. The summed E-state index contributed by atoms with van der Waals surface area (Å²) in [6, 6.07) is 0. The first kappa shape index (κ1) is 9.47. The standard InChI is InChI=1S/C11H21NO/c1-9(2,3)11(7-13-8-11)10(6-12)4-5-10/h4-8,12H2,1-3H3. The van der Waals surface area contributed by atoms with E-state index in [9.17, 15) is 0 Å². The fourth-order valence-corrected chi connectivity index (χ4v) is 2.87. The van der Waals surface area contributed by atoms with Gasteiger partial charge in [0.2, 0.25) is 0 Å². The highest BCUT2D eigenvalue weighted by Crippen LogP contribution is 2.67. The summed E-state index contributed by atoms with van der Waals surface area (Å²) in [5.41, 5.74) is 7.03. The Morgan fingerprint density at radius 2 is 1.77 bits per heavy atom. The zero-order valence-electron chi connectivity index (χ0n) is 9.02. The Labute approximate surface area is 80.8 Å². The van der Waals surface area contributed by atoms with E-state index in [0.717, 1.165) is 19.8 Å². The molecule has 2 heteroatoms. The number of nitrogens with two attached hydrogens (primary N) is 1. The lowest BCUT2D eigenvalue weighted by atomic mass is 9.56. The van der Waals surface area contributed by atoms with Gasteiger partial charge >= 0.3 is 0 Å². The Balaban J connectivity index is 2.26. The molecule has 1 aliphatic carbocycles. The second-order valence-electron chi connectivity index (χ2n) is 5.81. The largest absolute Gasteiger partial charge is 0.380 e. The maximum absolute atomic E-state index is 5.91. The van der Waals surface area contributed by atoms with Crippen molar-refractivity contribution in [3.63, 3.8) is 0 Å². The quantitative estimate of drug-likeness (QED) is 0.708. The van der Waals surface area contributed by atoms with Gasteiger partial charge in [-0.15, -0.1) is 0 Å².